The summed E-state index contributed by atoms with van der Waals surface area (Å²) in [5, 5.41) is 7.13. The molecule has 5 rings (SSSR count). The van der Waals surface area contributed by atoms with Gasteiger partial charge in [0.05, 0.1) is 11.8 Å². The van der Waals surface area contributed by atoms with Crippen LogP contribution in [0.2, 0.25) is 0 Å². The number of hydrogen-bond acceptors (Lipinski definition) is 7. The van der Waals surface area contributed by atoms with Crippen LogP contribution in [0, 0.1) is 5.41 Å². The SMILES string of the molecule is Cn1c(N2CCC3(CCN(c4ncc(C(F)(F)F)cn4)C3)CC2)nc2[nH]ncc2c1=O. The second-order valence-corrected chi connectivity index (χ2v) is 8.34. The Bertz CT molecular complexity index is 1160. The van der Waals surface area contributed by atoms with E-state index in [2.05, 4.69) is 30.0 Å². The molecule has 0 saturated carbocycles. The maximum absolute atomic E-state index is 12.8. The van der Waals surface area contributed by atoms with Crippen molar-refractivity contribution in [3.05, 3.63) is 34.5 Å². The number of halogens is 3. The summed E-state index contributed by atoms with van der Waals surface area (Å²) in [6.45, 7) is 2.89. The molecule has 0 bridgehead atoms. The molecule has 9 nitrogen and oxygen atoms in total. The smallest absolute Gasteiger partial charge is 0.342 e. The first-order valence-electron chi connectivity index (χ1n) is 10.1. The second-order valence-electron chi connectivity index (χ2n) is 8.34. The molecule has 0 atom stereocenters. The molecule has 0 radical (unpaired) electrons. The van der Waals surface area contributed by atoms with Crippen molar-refractivity contribution in [2.24, 2.45) is 12.5 Å². The van der Waals surface area contributed by atoms with E-state index in [4.69, 9.17) is 0 Å². The number of rotatable bonds is 2. The van der Waals surface area contributed by atoms with Gasteiger partial charge in [-0.1, -0.05) is 0 Å². The Hall–Kier alpha value is -3.18. The van der Waals surface area contributed by atoms with Gasteiger partial charge in [-0.3, -0.25) is 14.5 Å². The van der Waals surface area contributed by atoms with E-state index < -0.39 is 11.7 Å². The van der Waals surface area contributed by atoms with Crippen LogP contribution >= 0.6 is 0 Å². The van der Waals surface area contributed by atoms with E-state index in [0.717, 1.165) is 44.7 Å². The zero-order chi connectivity index (χ0) is 21.8. The monoisotopic (exact) mass is 434 g/mol. The van der Waals surface area contributed by atoms with Gasteiger partial charge >= 0.3 is 6.18 Å². The highest BCUT2D eigenvalue weighted by Crippen LogP contribution is 2.42. The van der Waals surface area contributed by atoms with Gasteiger partial charge in [-0.25, -0.2) is 9.97 Å². The van der Waals surface area contributed by atoms with Crippen molar-refractivity contribution in [3.8, 4) is 0 Å². The fourth-order valence-electron chi connectivity index (χ4n) is 4.58. The minimum atomic E-state index is -4.44. The summed E-state index contributed by atoms with van der Waals surface area (Å²) in [5.74, 6) is 0.943. The highest BCUT2D eigenvalue weighted by molar-refractivity contribution is 5.73. The number of alkyl halides is 3. The van der Waals surface area contributed by atoms with Gasteiger partial charge in [-0.2, -0.15) is 23.3 Å². The van der Waals surface area contributed by atoms with E-state index in [0.29, 0.717) is 36.0 Å². The first kappa shape index (κ1) is 19.8. The molecule has 0 amide bonds. The van der Waals surface area contributed by atoms with Crippen molar-refractivity contribution in [1.82, 2.24) is 29.7 Å². The number of piperidine rings is 1. The van der Waals surface area contributed by atoms with Crippen molar-refractivity contribution in [2.45, 2.75) is 25.4 Å². The third-order valence-electron chi connectivity index (χ3n) is 6.46. The number of H-pyrrole nitrogens is 1. The largest absolute Gasteiger partial charge is 0.419 e. The number of aromatic nitrogens is 6. The second kappa shape index (κ2) is 6.92. The normalized spacial score (nSPS) is 19.0. The summed E-state index contributed by atoms with van der Waals surface area (Å²) in [6, 6.07) is 0. The van der Waals surface area contributed by atoms with Crippen molar-refractivity contribution in [2.75, 3.05) is 36.0 Å². The molecule has 0 unspecified atom stereocenters. The van der Waals surface area contributed by atoms with Gasteiger partial charge in [0.2, 0.25) is 11.9 Å². The van der Waals surface area contributed by atoms with Crippen LogP contribution in [0.1, 0.15) is 24.8 Å². The third kappa shape index (κ3) is 3.39. The van der Waals surface area contributed by atoms with E-state index in [1.807, 2.05) is 4.90 Å². The molecule has 2 saturated heterocycles. The molecule has 1 N–H and O–H groups in total. The van der Waals surface area contributed by atoms with Gasteiger partial charge in [-0.05, 0) is 24.7 Å². The molecule has 0 aromatic carbocycles. The van der Waals surface area contributed by atoms with Gasteiger partial charge in [0.15, 0.2) is 5.65 Å². The number of anilines is 2. The van der Waals surface area contributed by atoms with Crippen molar-refractivity contribution < 1.29 is 13.2 Å². The van der Waals surface area contributed by atoms with E-state index in [9.17, 15) is 18.0 Å². The molecule has 5 heterocycles. The Kier molecular flexibility index (Phi) is 4.41. The molecule has 2 fully saturated rings. The van der Waals surface area contributed by atoms with Crippen LogP contribution in [0.3, 0.4) is 0 Å². The highest BCUT2D eigenvalue weighted by atomic mass is 19.4. The number of hydrogen-bond donors (Lipinski definition) is 1. The van der Waals surface area contributed by atoms with E-state index >= 15 is 0 Å². The Morgan fingerprint density at radius 1 is 1.03 bits per heavy atom. The standard InChI is InChI=1S/C19H21F3N8O/c1-28-15(31)13-10-25-27-14(13)26-17(28)29-5-2-18(3-6-29)4-7-30(11-18)16-23-8-12(9-24-16)19(20,21)22/h8-10H,2-7,11H2,1H3,(H,25,27). The summed E-state index contributed by atoms with van der Waals surface area (Å²) in [6.07, 6.45) is 1.43. The topological polar surface area (TPSA) is 95.8 Å². The molecule has 2 aliphatic rings. The fraction of sp³-hybridized carbons (Fsp3) is 0.526. The quantitative estimate of drug-likeness (QED) is 0.659. The lowest BCUT2D eigenvalue weighted by atomic mass is 9.78. The molecular weight excluding hydrogens is 413 g/mol. The number of nitrogens with one attached hydrogen (secondary N) is 1. The molecule has 3 aromatic rings. The van der Waals surface area contributed by atoms with E-state index in [1.165, 1.54) is 6.20 Å². The van der Waals surface area contributed by atoms with E-state index in [-0.39, 0.29) is 11.0 Å². The van der Waals surface area contributed by atoms with Crippen LogP contribution in [0.4, 0.5) is 25.1 Å². The summed E-state index contributed by atoms with van der Waals surface area (Å²) in [7, 11) is 1.71. The predicted molar refractivity (Wildman–Crippen MR) is 107 cm³/mol. The summed E-state index contributed by atoms with van der Waals surface area (Å²) in [4.78, 5) is 29.0. The Labute approximate surface area is 174 Å². The molecule has 3 aromatic heterocycles. The third-order valence-corrected chi connectivity index (χ3v) is 6.46. The van der Waals surface area contributed by atoms with Gasteiger partial charge in [0, 0.05) is 45.6 Å². The van der Waals surface area contributed by atoms with Crippen molar-refractivity contribution >= 4 is 22.9 Å². The molecule has 12 heteroatoms. The molecular formula is C19H21F3N8O. The zero-order valence-electron chi connectivity index (χ0n) is 16.9. The first-order valence-corrected chi connectivity index (χ1v) is 10.1. The lowest BCUT2D eigenvalue weighted by Gasteiger charge is -2.40. The molecule has 2 aliphatic heterocycles. The Morgan fingerprint density at radius 2 is 1.68 bits per heavy atom. The van der Waals surface area contributed by atoms with Crippen LogP contribution < -0.4 is 15.4 Å². The maximum atomic E-state index is 12.8. The Morgan fingerprint density at radius 3 is 2.32 bits per heavy atom. The predicted octanol–water partition coefficient (Wildman–Crippen LogP) is 1.96. The van der Waals surface area contributed by atoms with Gasteiger partial charge in [0.1, 0.15) is 5.39 Å². The Balaban J connectivity index is 1.29. The minimum absolute atomic E-state index is 0.0551. The van der Waals surface area contributed by atoms with Crippen LogP contribution in [0.5, 0.6) is 0 Å². The minimum Gasteiger partial charge on any atom is -0.342 e. The van der Waals surface area contributed by atoms with Crippen molar-refractivity contribution in [1.29, 1.82) is 0 Å². The van der Waals surface area contributed by atoms with Crippen LogP contribution in [0.25, 0.3) is 11.0 Å². The van der Waals surface area contributed by atoms with Gasteiger partial charge < -0.3 is 9.80 Å². The van der Waals surface area contributed by atoms with Gasteiger partial charge in [-0.15, -0.1) is 0 Å². The average molecular weight is 434 g/mol. The number of aromatic amines is 1. The molecule has 1 spiro atoms. The molecule has 164 valence electrons. The van der Waals surface area contributed by atoms with E-state index in [1.54, 1.807) is 11.6 Å². The summed E-state index contributed by atoms with van der Waals surface area (Å²) in [5.41, 5.74) is -0.448. The number of nitrogens with zero attached hydrogens (tertiary/aromatic N) is 7. The van der Waals surface area contributed by atoms with Crippen LogP contribution in [-0.4, -0.2) is 55.9 Å². The van der Waals surface area contributed by atoms with Crippen LogP contribution in [0.15, 0.2) is 23.4 Å². The average Bonchev–Trinajstić information content (AvgIpc) is 3.39. The summed E-state index contributed by atoms with van der Waals surface area (Å²) < 4.78 is 39.8. The number of fused-ring (bicyclic) bond motifs is 1. The first-order chi connectivity index (χ1) is 14.8. The van der Waals surface area contributed by atoms with Crippen molar-refractivity contribution in [3.63, 3.8) is 0 Å². The zero-order valence-corrected chi connectivity index (χ0v) is 16.9. The van der Waals surface area contributed by atoms with Crippen LogP contribution in [-0.2, 0) is 13.2 Å². The molecule has 0 aliphatic carbocycles. The fourth-order valence-corrected chi connectivity index (χ4v) is 4.58. The summed E-state index contributed by atoms with van der Waals surface area (Å²) >= 11 is 0. The lowest BCUT2D eigenvalue weighted by molar-refractivity contribution is -0.138. The molecule has 31 heavy (non-hydrogen) atoms. The van der Waals surface area contributed by atoms with Gasteiger partial charge in [0.25, 0.3) is 5.56 Å². The maximum Gasteiger partial charge on any atom is 0.419 e. The lowest BCUT2D eigenvalue weighted by Crippen LogP contribution is -2.44. The highest BCUT2D eigenvalue weighted by Gasteiger charge is 2.42.